The highest BCUT2D eigenvalue weighted by Crippen LogP contribution is 2.48. The number of hydrogen-bond donors (Lipinski definition) is 0. The van der Waals surface area contributed by atoms with Crippen molar-refractivity contribution in [3.63, 3.8) is 0 Å². The minimum atomic E-state index is -0.124. The molecule has 2 unspecified atom stereocenters. The van der Waals surface area contributed by atoms with Crippen molar-refractivity contribution in [2.24, 2.45) is 11.8 Å². The Kier molecular flexibility index (Phi) is 1.96. The van der Waals surface area contributed by atoms with E-state index in [0.29, 0.717) is 17.7 Å². The summed E-state index contributed by atoms with van der Waals surface area (Å²) in [6, 6.07) is 6.66. The minimum absolute atomic E-state index is 0.0731. The number of hydrogen-bond acceptors (Lipinski definition) is 3. The summed E-state index contributed by atoms with van der Waals surface area (Å²) in [5.74, 6) is -0.538. The molecule has 1 aromatic rings. The van der Waals surface area contributed by atoms with Crippen molar-refractivity contribution in [3.05, 3.63) is 29.8 Å². The summed E-state index contributed by atoms with van der Waals surface area (Å²) in [6.45, 7) is 1.46. The fourth-order valence-electron chi connectivity index (χ4n) is 2.30. The van der Waals surface area contributed by atoms with Gasteiger partial charge in [0, 0.05) is 5.56 Å². The quantitative estimate of drug-likeness (QED) is 0.569. The topological polar surface area (TPSA) is 54.5 Å². The molecule has 2 fully saturated rings. The molecule has 4 nitrogen and oxygen atoms in total. The van der Waals surface area contributed by atoms with Gasteiger partial charge in [-0.05, 0) is 25.5 Å². The summed E-state index contributed by atoms with van der Waals surface area (Å²) in [7, 11) is 0. The molecular formula is C13H11NO3. The van der Waals surface area contributed by atoms with Crippen molar-refractivity contribution in [3.8, 4) is 0 Å². The fourth-order valence-corrected chi connectivity index (χ4v) is 2.30. The van der Waals surface area contributed by atoms with E-state index in [4.69, 9.17) is 0 Å². The lowest BCUT2D eigenvalue weighted by Gasteiger charge is -2.16. The lowest BCUT2D eigenvalue weighted by molar-refractivity contribution is -0.123. The Morgan fingerprint density at radius 3 is 2.47 bits per heavy atom. The molecule has 1 heterocycles. The summed E-state index contributed by atoms with van der Waals surface area (Å²) in [6.07, 6.45) is 0.695. The van der Waals surface area contributed by atoms with E-state index in [9.17, 15) is 14.4 Å². The predicted octanol–water partition coefficient (Wildman–Crippen LogP) is 1.40. The Morgan fingerprint density at radius 1 is 1.24 bits per heavy atom. The fraction of sp³-hybridized carbons (Fsp3) is 0.308. The molecular weight excluding hydrogens is 218 g/mol. The van der Waals surface area contributed by atoms with Crippen molar-refractivity contribution in [1.82, 2.24) is 0 Å². The van der Waals surface area contributed by atoms with E-state index < -0.39 is 0 Å². The zero-order valence-corrected chi connectivity index (χ0v) is 9.34. The Balaban J connectivity index is 1.99. The van der Waals surface area contributed by atoms with Crippen LogP contribution in [0.2, 0.25) is 0 Å². The molecule has 1 aliphatic heterocycles. The third-order valence-electron chi connectivity index (χ3n) is 3.38. The van der Waals surface area contributed by atoms with Crippen LogP contribution in [0.3, 0.4) is 0 Å². The smallest absolute Gasteiger partial charge is 0.237 e. The Hall–Kier alpha value is -1.97. The van der Waals surface area contributed by atoms with Crippen LogP contribution >= 0.6 is 0 Å². The number of carbonyl (C=O) groups excluding carboxylic acids is 3. The van der Waals surface area contributed by atoms with Crippen LogP contribution < -0.4 is 4.90 Å². The second kappa shape index (κ2) is 3.26. The second-order valence-electron chi connectivity index (χ2n) is 4.57. The number of amides is 2. The number of piperidine rings is 1. The summed E-state index contributed by atoms with van der Waals surface area (Å²) < 4.78 is 0. The lowest BCUT2D eigenvalue weighted by Crippen LogP contribution is -2.32. The maximum Gasteiger partial charge on any atom is 0.237 e. The van der Waals surface area contributed by atoms with Gasteiger partial charge < -0.3 is 0 Å². The first-order valence-corrected chi connectivity index (χ1v) is 5.58. The van der Waals surface area contributed by atoms with Crippen LogP contribution in [0.1, 0.15) is 23.7 Å². The van der Waals surface area contributed by atoms with Crippen LogP contribution in [0.5, 0.6) is 0 Å². The van der Waals surface area contributed by atoms with E-state index in [2.05, 4.69) is 0 Å². The summed E-state index contributed by atoms with van der Waals surface area (Å²) in [4.78, 5) is 36.2. The third kappa shape index (κ3) is 1.40. The van der Waals surface area contributed by atoms with Gasteiger partial charge in [0.15, 0.2) is 5.78 Å². The standard InChI is InChI=1S/C13H11NO3/c1-7(15)8-3-2-4-9(5-8)14-12(16)10-6-11(10)13(14)17/h2-5,10-11H,6H2,1H3. The van der Waals surface area contributed by atoms with Crippen LogP contribution in [-0.2, 0) is 9.59 Å². The molecule has 0 radical (unpaired) electrons. The molecule has 2 aliphatic rings. The van der Waals surface area contributed by atoms with Crippen molar-refractivity contribution in [1.29, 1.82) is 0 Å². The summed E-state index contributed by atoms with van der Waals surface area (Å²) >= 11 is 0. The molecule has 2 atom stereocenters. The van der Waals surface area contributed by atoms with E-state index in [-0.39, 0.29) is 29.4 Å². The highest BCUT2D eigenvalue weighted by molar-refractivity contribution is 6.24. The molecule has 2 amide bonds. The number of ketones is 1. The zero-order valence-electron chi connectivity index (χ0n) is 9.34. The van der Waals surface area contributed by atoms with Crippen molar-refractivity contribution < 1.29 is 14.4 Å². The average Bonchev–Trinajstić information content (AvgIpc) is 3.04. The summed E-state index contributed by atoms with van der Waals surface area (Å²) in [5.41, 5.74) is 1.03. The number of anilines is 1. The first-order chi connectivity index (χ1) is 8.09. The van der Waals surface area contributed by atoms with Gasteiger partial charge in [0.05, 0.1) is 17.5 Å². The number of benzene rings is 1. The molecule has 1 aromatic carbocycles. The van der Waals surface area contributed by atoms with Crippen molar-refractivity contribution >= 4 is 23.3 Å². The van der Waals surface area contributed by atoms with Gasteiger partial charge in [0.2, 0.25) is 11.8 Å². The van der Waals surface area contributed by atoms with E-state index >= 15 is 0 Å². The maximum absolute atomic E-state index is 11.9. The molecule has 1 saturated heterocycles. The molecule has 1 saturated carbocycles. The van der Waals surface area contributed by atoms with Gasteiger partial charge in [-0.1, -0.05) is 12.1 Å². The minimum Gasteiger partial charge on any atom is -0.295 e. The highest BCUT2D eigenvalue weighted by Gasteiger charge is 2.59. The number of Topliss-reactive ketones (excluding diaryl/α,β-unsaturated/α-hetero) is 1. The van der Waals surface area contributed by atoms with E-state index in [1.807, 2.05) is 0 Å². The van der Waals surface area contributed by atoms with Crippen molar-refractivity contribution in [2.45, 2.75) is 13.3 Å². The van der Waals surface area contributed by atoms with Gasteiger partial charge >= 0.3 is 0 Å². The normalized spacial score (nSPS) is 26.1. The molecule has 0 aromatic heterocycles. The van der Waals surface area contributed by atoms with Crippen LogP contribution in [0, 0.1) is 11.8 Å². The summed E-state index contributed by atoms with van der Waals surface area (Å²) in [5, 5.41) is 0. The molecule has 1 aliphatic carbocycles. The average molecular weight is 229 g/mol. The number of carbonyl (C=O) groups is 3. The molecule has 17 heavy (non-hydrogen) atoms. The van der Waals surface area contributed by atoms with Crippen LogP contribution in [-0.4, -0.2) is 17.6 Å². The Labute approximate surface area is 98.2 Å². The molecule has 0 bridgehead atoms. The van der Waals surface area contributed by atoms with Crippen LogP contribution in [0.15, 0.2) is 24.3 Å². The Bertz CT molecular complexity index is 529. The van der Waals surface area contributed by atoms with Crippen LogP contribution in [0.25, 0.3) is 0 Å². The number of fused-ring (bicyclic) bond motifs is 1. The molecule has 0 N–H and O–H groups in total. The van der Waals surface area contributed by atoms with Crippen molar-refractivity contribution in [2.75, 3.05) is 4.90 Å². The van der Waals surface area contributed by atoms with Gasteiger partial charge in [-0.25, -0.2) is 0 Å². The Morgan fingerprint density at radius 2 is 1.88 bits per heavy atom. The van der Waals surface area contributed by atoms with E-state index in [0.717, 1.165) is 0 Å². The number of rotatable bonds is 2. The highest BCUT2D eigenvalue weighted by atomic mass is 16.2. The molecule has 0 spiro atoms. The first kappa shape index (κ1) is 10.2. The number of imide groups is 1. The van der Waals surface area contributed by atoms with Gasteiger partial charge in [-0.2, -0.15) is 0 Å². The maximum atomic E-state index is 11.9. The largest absolute Gasteiger partial charge is 0.295 e. The molecule has 4 heteroatoms. The lowest BCUT2D eigenvalue weighted by atomic mass is 10.1. The van der Waals surface area contributed by atoms with Crippen LogP contribution in [0.4, 0.5) is 5.69 Å². The van der Waals surface area contributed by atoms with Gasteiger partial charge in [0.25, 0.3) is 0 Å². The second-order valence-corrected chi connectivity index (χ2v) is 4.57. The first-order valence-electron chi connectivity index (χ1n) is 5.58. The number of nitrogens with zero attached hydrogens (tertiary/aromatic N) is 1. The third-order valence-corrected chi connectivity index (χ3v) is 3.38. The monoisotopic (exact) mass is 229 g/mol. The van der Waals surface area contributed by atoms with Gasteiger partial charge in [0.1, 0.15) is 0 Å². The van der Waals surface area contributed by atoms with Gasteiger partial charge in [-0.15, -0.1) is 0 Å². The molecule has 86 valence electrons. The zero-order chi connectivity index (χ0) is 12.2. The predicted molar refractivity (Wildman–Crippen MR) is 60.5 cm³/mol. The van der Waals surface area contributed by atoms with E-state index in [1.165, 1.54) is 11.8 Å². The van der Waals surface area contributed by atoms with Gasteiger partial charge in [-0.3, -0.25) is 19.3 Å². The SMILES string of the molecule is CC(=O)c1cccc(N2C(=O)C3CC3C2=O)c1. The molecule has 3 rings (SSSR count). The van der Waals surface area contributed by atoms with E-state index in [1.54, 1.807) is 24.3 Å².